The highest BCUT2D eigenvalue weighted by atomic mass is 32.1. The first kappa shape index (κ1) is 13.8. The van der Waals surface area contributed by atoms with Gasteiger partial charge in [0.25, 0.3) is 5.91 Å². The van der Waals surface area contributed by atoms with Crippen LogP contribution in [0.1, 0.15) is 32.6 Å². The molecule has 0 spiro atoms. The quantitative estimate of drug-likeness (QED) is 0.848. The van der Waals surface area contributed by atoms with Gasteiger partial charge in [-0.25, -0.2) is 5.48 Å². The molecule has 0 radical (unpaired) electrons. The minimum Gasteiger partial charge on any atom is -0.269 e. The molecule has 0 saturated carbocycles. The summed E-state index contributed by atoms with van der Waals surface area (Å²) in [5.41, 5.74) is 4.73. The third-order valence-electron chi connectivity index (χ3n) is 2.87. The van der Waals surface area contributed by atoms with Gasteiger partial charge in [-0.15, -0.1) is 11.3 Å². The maximum atomic E-state index is 11.9. The van der Waals surface area contributed by atoms with Crippen LogP contribution < -0.4 is 5.48 Å². The van der Waals surface area contributed by atoms with Crippen LogP contribution in [0.2, 0.25) is 0 Å². The Labute approximate surface area is 117 Å². The van der Waals surface area contributed by atoms with E-state index >= 15 is 0 Å². The van der Waals surface area contributed by atoms with E-state index in [-0.39, 0.29) is 5.91 Å². The van der Waals surface area contributed by atoms with Crippen molar-refractivity contribution in [3.05, 3.63) is 57.3 Å². The molecule has 2 rings (SSSR count). The standard InChI is InChI=1S/C15H17NO2S/c1-3-13-9-14(19-11(13)2)15(17)16-18-10-12-7-5-4-6-8-12/h4-9H,3,10H2,1-2H3,(H,16,17). The summed E-state index contributed by atoms with van der Waals surface area (Å²) in [6.07, 6.45) is 0.945. The second-order valence-electron chi connectivity index (χ2n) is 4.25. The summed E-state index contributed by atoms with van der Waals surface area (Å²) in [5, 5.41) is 0. The maximum Gasteiger partial charge on any atom is 0.284 e. The fourth-order valence-electron chi connectivity index (χ4n) is 1.79. The molecule has 1 aromatic carbocycles. The molecule has 0 aliphatic carbocycles. The van der Waals surface area contributed by atoms with E-state index in [0.29, 0.717) is 11.5 Å². The van der Waals surface area contributed by atoms with E-state index in [4.69, 9.17) is 4.84 Å². The molecule has 0 bridgehead atoms. The van der Waals surface area contributed by atoms with Crippen LogP contribution in [-0.4, -0.2) is 5.91 Å². The number of carbonyl (C=O) groups is 1. The average molecular weight is 275 g/mol. The summed E-state index contributed by atoms with van der Waals surface area (Å²) < 4.78 is 0. The molecule has 19 heavy (non-hydrogen) atoms. The van der Waals surface area contributed by atoms with Crippen molar-refractivity contribution in [2.75, 3.05) is 0 Å². The Morgan fingerprint density at radius 3 is 2.68 bits per heavy atom. The number of nitrogens with one attached hydrogen (secondary N) is 1. The number of hydrogen-bond acceptors (Lipinski definition) is 3. The van der Waals surface area contributed by atoms with E-state index in [9.17, 15) is 4.79 Å². The molecule has 0 aliphatic rings. The third kappa shape index (κ3) is 3.66. The molecule has 1 heterocycles. The number of hydroxylamine groups is 1. The van der Waals surface area contributed by atoms with Gasteiger partial charge in [0.05, 0.1) is 11.5 Å². The number of carbonyl (C=O) groups excluding carboxylic acids is 1. The van der Waals surface area contributed by atoms with Gasteiger partial charge in [-0.3, -0.25) is 9.63 Å². The highest BCUT2D eigenvalue weighted by Crippen LogP contribution is 2.21. The predicted octanol–water partition coefficient (Wildman–Crippen LogP) is 3.48. The van der Waals surface area contributed by atoms with Crippen LogP contribution in [0.5, 0.6) is 0 Å². The normalized spacial score (nSPS) is 10.4. The maximum absolute atomic E-state index is 11.9. The molecular weight excluding hydrogens is 258 g/mol. The van der Waals surface area contributed by atoms with E-state index in [0.717, 1.165) is 12.0 Å². The molecule has 100 valence electrons. The highest BCUT2D eigenvalue weighted by Gasteiger charge is 2.11. The Morgan fingerprint density at radius 1 is 1.32 bits per heavy atom. The van der Waals surface area contributed by atoms with Crippen LogP contribution >= 0.6 is 11.3 Å². The topological polar surface area (TPSA) is 38.3 Å². The highest BCUT2D eigenvalue weighted by molar-refractivity contribution is 7.14. The number of hydrogen-bond donors (Lipinski definition) is 1. The van der Waals surface area contributed by atoms with Gasteiger partial charge in [0.1, 0.15) is 0 Å². The van der Waals surface area contributed by atoms with Gasteiger partial charge < -0.3 is 0 Å². The first-order valence-electron chi connectivity index (χ1n) is 6.26. The zero-order valence-electron chi connectivity index (χ0n) is 11.1. The third-order valence-corrected chi connectivity index (χ3v) is 3.96. The summed E-state index contributed by atoms with van der Waals surface area (Å²) in [6.45, 7) is 4.49. The van der Waals surface area contributed by atoms with Crippen molar-refractivity contribution in [3.63, 3.8) is 0 Å². The lowest BCUT2D eigenvalue weighted by molar-refractivity contribution is 0.0237. The van der Waals surface area contributed by atoms with Crippen molar-refractivity contribution >= 4 is 17.2 Å². The van der Waals surface area contributed by atoms with Gasteiger partial charge in [0.2, 0.25) is 0 Å². The summed E-state index contributed by atoms with van der Waals surface area (Å²) in [4.78, 5) is 19.0. The van der Waals surface area contributed by atoms with E-state index in [1.54, 1.807) is 0 Å². The largest absolute Gasteiger partial charge is 0.284 e. The van der Waals surface area contributed by atoms with Crippen molar-refractivity contribution in [2.24, 2.45) is 0 Å². The second-order valence-corrected chi connectivity index (χ2v) is 5.51. The Kier molecular flexibility index (Phi) is 4.71. The van der Waals surface area contributed by atoms with Crippen LogP contribution in [0.3, 0.4) is 0 Å². The van der Waals surface area contributed by atoms with E-state index in [2.05, 4.69) is 12.4 Å². The van der Waals surface area contributed by atoms with Crippen LogP contribution in [0.4, 0.5) is 0 Å². The average Bonchev–Trinajstić information content (AvgIpc) is 2.81. The van der Waals surface area contributed by atoms with E-state index in [1.807, 2.05) is 43.3 Å². The van der Waals surface area contributed by atoms with Crippen LogP contribution in [0.25, 0.3) is 0 Å². The first-order chi connectivity index (χ1) is 9.20. The number of benzene rings is 1. The monoisotopic (exact) mass is 275 g/mol. The molecule has 1 amide bonds. The van der Waals surface area contributed by atoms with Crippen LogP contribution in [0, 0.1) is 6.92 Å². The van der Waals surface area contributed by atoms with Crippen molar-refractivity contribution in [1.82, 2.24) is 5.48 Å². The summed E-state index contributed by atoms with van der Waals surface area (Å²) in [7, 11) is 0. The predicted molar refractivity (Wildman–Crippen MR) is 77.1 cm³/mol. The molecule has 0 fully saturated rings. The van der Waals surface area contributed by atoms with Gasteiger partial charge in [-0.2, -0.15) is 0 Å². The van der Waals surface area contributed by atoms with Crippen molar-refractivity contribution in [1.29, 1.82) is 0 Å². The number of rotatable bonds is 5. The van der Waals surface area contributed by atoms with Crippen molar-refractivity contribution in [2.45, 2.75) is 26.9 Å². The van der Waals surface area contributed by atoms with Crippen molar-refractivity contribution < 1.29 is 9.63 Å². The van der Waals surface area contributed by atoms with Gasteiger partial charge in [0.15, 0.2) is 0 Å². The Bertz CT molecular complexity index is 549. The lowest BCUT2D eigenvalue weighted by Crippen LogP contribution is -2.22. The molecule has 1 aromatic heterocycles. The summed E-state index contributed by atoms with van der Waals surface area (Å²) in [6, 6.07) is 11.7. The molecule has 0 atom stereocenters. The molecule has 0 saturated heterocycles. The molecule has 3 nitrogen and oxygen atoms in total. The second kappa shape index (κ2) is 6.50. The van der Waals surface area contributed by atoms with Crippen molar-refractivity contribution in [3.8, 4) is 0 Å². The molecule has 0 aliphatic heterocycles. The summed E-state index contributed by atoms with van der Waals surface area (Å²) in [5.74, 6) is -0.177. The molecule has 0 unspecified atom stereocenters. The molecule has 1 N–H and O–H groups in total. The summed E-state index contributed by atoms with van der Waals surface area (Å²) >= 11 is 1.50. The number of aryl methyl sites for hydroxylation is 2. The van der Waals surface area contributed by atoms with Gasteiger partial charge >= 0.3 is 0 Å². The minimum atomic E-state index is -0.177. The van der Waals surface area contributed by atoms with Crippen LogP contribution in [-0.2, 0) is 17.9 Å². The Hall–Kier alpha value is -1.65. The zero-order chi connectivity index (χ0) is 13.7. The van der Waals surface area contributed by atoms with E-state index in [1.165, 1.54) is 21.8 Å². The van der Waals surface area contributed by atoms with Gasteiger partial charge in [-0.1, -0.05) is 37.3 Å². The number of thiophene rings is 1. The molecule has 4 heteroatoms. The van der Waals surface area contributed by atoms with Gasteiger partial charge in [0, 0.05) is 4.88 Å². The lowest BCUT2D eigenvalue weighted by Gasteiger charge is -2.04. The van der Waals surface area contributed by atoms with Gasteiger partial charge in [-0.05, 0) is 30.5 Å². The minimum absolute atomic E-state index is 0.177. The fourth-order valence-corrected chi connectivity index (χ4v) is 2.79. The first-order valence-corrected chi connectivity index (χ1v) is 7.07. The van der Waals surface area contributed by atoms with Crippen LogP contribution in [0.15, 0.2) is 36.4 Å². The van der Waals surface area contributed by atoms with E-state index < -0.39 is 0 Å². The Morgan fingerprint density at radius 2 is 2.05 bits per heavy atom. The zero-order valence-corrected chi connectivity index (χ0v) is 11.9. The lowest BCUT2D eigenvalue weighted by atomic mass is 10.2. The molecule has 2 aromatic rings. The number of amides is 1. The fraction of sp³-hybridized carbons (Fsp3) is 0.267. The molecular formula is C15H17NO2S. The SMILES string of the molecule is CCc1cc(C(=O)NOCc2ccccc2)sc1C. The smallest absolute Gasteiger partial charge is 0.269 e. The Balaban J connectivity index is 1.87.